The predicted octanol–water partition coefficient (Wildman–Crippen LogP) is 7.44. The lowest BCUT2D eigenvalue weighted by atomic mass is 10.1. The highest BCUT2D eigenvalue weighted by molar-refractivity contribution is 9.10. The Balaban J connectivity index is 1.47. The lowest BCUT2D eigenvalue weighted by Crippen LogP contribution is -2.08. The summed E-state index contributed by atoms with van der Waals surface area (Å²) in [6.45, 7) is 0. The summed E-state index contributed by atoms with van der Waals surface area (Å²) in [5, 5.41) is 12.2. The van der Waals surface area contributed by atoms with Gasteiger partial charge >= 0.3 is 11.9 Å². The molecular weight excluding hydrogens is 607 g/mol. The molecule has 0 bridgehead atoms. The number of cyclic esters (lactones) is 1. The number of hydrogen-bond acceptors (Lipinski definition) is 8. The van der Waals surface area contributed by atoms with E-state index in [1.54, 1.807) is 42.5 Å². The Bertz CT molecular complexity index is 1680. The van der Waals surface area contributed by atoms with Gasteiger partial charge in [0.15, 0.2) is 5.70 Å². The monoisotopic (exact) mass is 616 g/mol. The SMILES string of the molecule is O=C1OC(c2ccc(Cl)cc2)=N/C1=C/c1cc(Br)ccc1OC(=O)c1sc2cc([N+](=O)[O-])ccc2c1Cl. The number of ether oxygens (including phenoxy) is 2. The lowest BCUT2D eigenvalue weighted by molar-refractivity contribution is -0.384. The van der Waals surface area contributed by atoms with Gasteiger partial charge in [-0.15, -0.1) is 11.3 Å². The first-order chi connectivity index (χ1) is 17.7. The van der Waals surface area contributed by atoms with Gasteiger partial charge in [-0.1, -0.05) is 39.1 Å². The highest BCUT2D eigenvalue weighted by Crippen LogP contribution is 2.38. The molecule has 0 saturated carbocycles. The summed E-state index contributed by atoms with van der Waals surface area (Å²) >= 11 is 16.7. The van der Waals surface area contributed by atoms with Crippen LogP contribution in [-0.4, -0.2) is 22.8 Å². The van der Waals surface area contributed by atoms with Crippen molar-refractivity contribution in [3.63, 3.8) is 0 Å². The molecule has 8 nitrogen and oxygen atoms in total. The Labute approximate surface area is 231 Å². The molecule has 37 heavy (non-hydrogen) atoms. The van der Waals surface area contributed by atoms with Crippen LogP contribution in [0, 0.1) is 10.1 Å². The zero-order valence-corrected chi connectivity index (χ0v) is 22.2. The van der Waals surface area contributed by atoms with E-state index in [0.29, 0.717) is 30.7 Å². The van der Waals surface area contributed by atoms with Crippen LogP contribution in [-0.2, 0) is 9.53 Å². The number of rotatable bonds is 5. The molecule has 0 fully saturated rings. The van der Waals surface area contributed by atoms with Gasteiger partial charge in [-0.05, 0) is 54.6 Å². The normalized spacial score (nSPS) is 14.1. The van der Waals surface area contributed by atoms with Gasteiger partial charge in [0.25, 0.3) is 5.69 Å². The molecule has 2 heterocycles. The maximum atomic E-state index is 13.0. The number of esters is 2. The molecular formula is C25H11BrCl2N2O6S. The number of thiophene rings is 1. The number of nitrogens with zero attached hydrogens (tertiary/aromatic N) is 2. The minimum absolute atomic E-state index is 0.00699. The fourth-order valence-corrected chi connectivity index (χ4v) is 5.37. The third kappa shape index (κ3) is 5.14. The van der Waals surface area contributed by atoms with Crippen molar-refractivity contribution in [1.82, 2.24) is 0 Å². The van der Waals surface area contributed by atoms with Gasteiger partial charge in [0, 0.05) is 42.8 Å². The van der Waals surface area contributed by atoms with E-state index in [1.165, 1.54) is 24.3 Å². The number of hydrogen-bond donors (Lipinski definition) is 0. The average molecular weight is 618 g/mol. The van der Waals surface area contributed by atoms with Crippen molar-refractivity contribution < 1.29 is 24.0 Å². The molecule has 0 spiro atoms. The number of benzene rings is 3. The third-order valence-electron chi connectivity index (χ3n) is 5.19. The molecule has 0 amide bonds. The Morgan fingerprint density at radius 3 is 2.59 bits per heavy atom. The topological polar surface area (TPSA) is 108 Å². The molecule has 12 heteroatoms. The van der Waals surface area contributed by atoms with E-state index in [0.717, 1.165) is 11.3 Å². The first-order valence-corrected chi connectivity index (χ1v) is 12.7. The van der Waals surface area contributed by atoms with E-state index >= 15 is 0 Å². The number of halogens is 3. The fourth-order valence-electron chi connectivity index (χ4n) is 3.44. The summed E-state index contributed by atoms with van der Waals surface area (Å²) in [5.74, 6) is -1.16. The van der Waals surface area contributed by atoms with Crippen LogP contribution in [0.3, 0.4) is 0 Å². The first-order valence-electron chi connectivity index (χ1n) is 10.4. The van der Waals surface area contributed by atoms with Crippen LogP contribution in [0.5, 0.6) is 5.75 Å². The van der Waals surface area contributed by atoms with Gasteiger partial charge in [-0.25, -0.2) is 14.6 Å². The molecule has 0 radical (unpaired) electrons. The maximum absolute atomic E-state index is 13.0. The van der Waals surface area contributed by atoms with E-state index < -0.39 is 16.9 Å². The molecule has 184 valence electrons. The molecule has 1 aliphatic heterocycles. The molecule has 4 aromatic rings. The van der Waals surface area contributed by atoms with E-state index in [-0.39, 0.29) is 32.9 Å². The number of non-ortho nitro benzene ring substituents is 1. The standard InChI is InChI=1S/C25H11BrCl2N2O6S/c26-14-3-8-19(35-25(32)22-21(28)17-7-6-16(30(33)34)11-20(17)37-22)13(9-14)10-18-24(31)36-23(29-18)12-1-4-15(27)5-2-12/h1-11H/b18-10+. The number of nitro groups is 1. The molecule has 0 saturated heterocycles. The largest absolute Gasteiger partial charge is 0.422 e. The van der Waals surface area contributed by atoms with E-state index in [1.807, 2.05) is 0 Å². The minimum atomic E-state index is -0.754. The zero-order valence-electron chi connectivity index (χ0n) is 18.2. The molecule has 0 N–H and O–H groups in total. The number of carbonyl (C=O) groups is 2. The van der Waals surface area contributed by atoms with Gasteiger partial charge in [0.1, 0.15) is 10.6 Å². The van der Waals surface area contributed by atoms with Gasteiger partial charge in [0.05, 0.1) is 9.95 Å². The second kappa shape index (κ2) is 10.1. The Morgan fingerprint density at radius 1 is 1.11 bits per heavy atom. The molecule has 1 aromatic heterocycles. The Hall–Kier alpha value is -3.57. The van der Waals surface area contributed by atoms with Gasteiger partial charge in [0.2, 0.25) is 5.90 Å². The second-order valence-electron chi connectivity index (χ2n) is 7.60. The number of carbonyl (C=O) groups excluding carboxylic acids is 2. The summed E-state index contributed by atoms with van der Waals surface area (Å²) < 4.78 is 12.0. The minimum Gasteiger partial charge on any atom is -0.422 e. The molecule has 1 aliphatic rings. The van der Waals surface area contributed by atoms with Crippen molar-refractivity contribution in [3.05, 3.63) is 107 Å². The number of fused-ring (bicyclic) bond motifs is 1. The van der Waals surface area contributed by atoms with Crippen molar-refractivity contribution in [1.29, 1.82) is 0 Å². The van der Waals surface area contributed by atoms with Gasteiger partial charge in [-0.2, -0.15) is 0 Å². The summed E-state index contributed by atoms with van der Waals surface area (Å²) in [6.07, 6.45) is 1.44. The third-order valence-corrected chi connectivity index (χ3v) is 7.57. The fraction of sp³-hybridized carbons (Fsp3) is 0. The van der Waals surface area contributed by atoms with Crippen molar-refractivity contribution >= 4 is 90.2 Å². The average Bonchev–Trinajstić information content (AvgIpc) is 3.40. The first kappa shape index (κ1) is 25.1. The van der Waals surface area contributed by atoms with Crippen molar-refractivity contribution in [3.8, 4) is 5.75 Å². The summed E-state index contributed by atoms with van der Waals surface area (Å²) in [6, 6.07) is 15.7. The van der Waals surface area contributed by atoms with Crippen LogP contribution < -0.4 is 4.74 Å². The Kier molecular flexibility index (Phi) is 6.82. The Morgan fingerprint density at radius 2 is 1.86 bits per heavy atom. The molecule has 0 atom stereocenters. The van der Waals surface area contributed by atoms with E-state index in [9.17, 15) is 19.7 Å². The van der Waals surface area contributed by atoms with Crippen LogP contribution in [0.25, 0.3) is 16.2 Å². The van der Waals surface area contributed by atoms with Crippen LogP contribution >= 0.6 is 50.5 Å². The second-order valence-corrected chi connectivity index (χ2v) is 10.4. The van der Waals surface area contributed by atoms with Crippen LogP contribution in [0.4, 0.5) is 5.69 Å². The summed E-state index contributed by atoms with van der Waals surface area (Å²) in [7, 11) is 0. The highest BCUT2D eigenvalue weighted by atomic mass is 79.9. The predicted molar refractivity (Wildman–Crippen MR) is 145 cm³/mol. The molecule has 0 unspecified atom stereocenters. The van der Waals surface area contributed by atoms with E-state index in [2.05, 4.69) is 20.9 Å². The van der Waals surface area contributed by atoms with Crippen molar-refractivity contribution in [2.45, 2.75) is 0 Å². The van der Waals surface area contributed by atoms with Crippen LogP contribution in [0.2, 0.25) is 10.0 Å². The maximum Gasteiger partial charge on any atom is 0.363 e. The van der Waals surface area contributed by atoms with Crippen molar-refractivity contribution in [2.75, 3.05) is 0 Å². The molecule has 3 aromatic carbocycles. The van der Waals surface area contributed by atoms with E-state index in [4.69, 9.17) is 32.7 Å². The lowest BCUT2D eigenvalue weighted by Gasteiger charge is -2.08. The van der Waals surface area contributed by atoms with Crippen LogP contribution in [0.15, 0.2) is 75.8 Å². The zero-order chi connectivity index (χ0) is 26.3. The summed E-state index contributed by atoms with van der Waals surface area (Å²) in [4.78, 5) is 40.4. The highest BCUT2D eigenvalue weighted by Gasteiger charge is 2.26. The number of nitro benzene ring substituents is 1. The van der Waals surface area contributed by atoms with Gasteiger partial charge < -0.3 is 9.47 Å². The van der Waals surface area contributed by atoms with Crippen LogP contribution in [0.1, 0.15) is 20.8 Å². The van der Waals surface area contributed by atoms with Crippen molar-refractivity contribution in [2.24, 2.45) is 4.99 Å². The number of aliphatic imine (C=N–C) groups is 1. The smallest absolute Gasteiger partial charge is 0.363 e. The molecule has 0 aliphatic carbocycles. The molecule has 5 rings (SSSR count). The summed E-state index contributed by atoms with van der Waals surface area (Å²) in [5.41, 5.74) is 0.840. The van der Waals surface area contributed by atoms with Gasteiger partial charge in [-0.3, -0.25) is 10.1 Å². The quantitative estimate of drug-likeness (QED) is 0.0757.